The quantitative estimate of drug-likeness (QED) is 0.794. The summed E-state index contributed by atoms with van der Waals surface area (Å²) in [6.07, 6.45) is 0. The molecule has 5 nitrogen and oxygen atoms in total. The molecule has 1 aromatic carbocycles. The fourth-order valence-corrected chi connectivity index (χ4v) is 1.50. The number of H-pyrrole nitrogens is 1. The van der Waals surface area contributed by atoms with Gasteiger partial charge in [-0.3, -0.25) is 4.79 Å². The van der Waals surface area contributed by atoms with Gasteiger partial charge in [-0.25, -0.2) is 0 Å². The zero-order valence-corrected chi connectivity index (χ0v) is 9.02. The monoisotopic (exact) mass is 217 g/mol. The molecular weight excluding hydrogens is 206 g/mol. The maximum atomic E-state index is 11.3. The molecule has 82 valence electrons. The zero-order valence-electron chi connectivity index (χ0n) is 9.02. The number of nitrogens with one attached hydrogen (secondary N) is 1. The highest BCUT2D eigenvalue weighted by atomic mass is 16.5. The largest absolute Gasteiger partial charge is 0.496 e. The van der Waals surface area contributed by atoms with E-state index in [9.17, 15) is 4.79 Å². The Morgan fingerprint density at radius 3 is 2.75 bits per heavy atom. The molecule has 0 bridgehead atoms. The highest BCUT2D eigenvalue weighted by molar-refractivity contribution is 5.98. The van der Waals surface area contributed by atoms with Gasteiger partial charge in [0.1, 0.15) is 11.4 Å². The van der Waals surface area contributed by atoms with Crippen LogP contribution in [0.25, 0.3) is 11.3 Å². The summed E-state index contributed by atoms with van der Waals surface area (Å²) in [6.45, 7) is 1.46. The van der Waals surface area contributed by atoms with Crippen LogP contribution in [0.3, 0.4) is 0 Å². The van der Waals surface area contributed by atoms with Crippen molar-refractivity contribution in [2.75, 3.05) is 7.11 Å². The summed E-state index contributed by atoms with van der Waals surface area (Å²) < 4.78 is 5.21. The van der Waals surface area contributed by atoms with Crippen LogP contribution in [-0.4, -0.2) is 28.3 Å². The number of methoxy groups -OCH3 is 1. The Bertz CT molecular complexity index is 519. The molecule has 1 heterocycles. The van der Waals surface area contributed by atoms with Crippen molar-refractivity contribution in [2.24, 2.45) is 0 Å². The molecule has 1 N–H and O–H groups in total. The molecule has 0 unspecified atom stereocenters. The molecule has 0 atom stereocenters. The van der Waals surface area contributed by atoms with E-state index in [2.05, 4.69) is 15.4 Å². The molecule has 0 spiro atoms. The van der Waals surface area contributed by atoms with E-state index in [1.165, 1.54) is 6.92 Å². The highest BCUT2D eigenvalue weighted by Gasteiger charge is 2.16. The molecule has 5 heteroatoms. The third-order valence-electron chi connectivity index (χ3n) is 2.24. The summed E-state index contributed by atoms with van der Waals surface area (Å²) >= 11 is 0. The lowest BCUT2D eigenvalue weighted by molar-refractivity contribution is 0.101. The molecule has 0 fully saturated rings. The van der Waals surface area contributed by atoms with Gasteiger partial charge in [-0.05, 0) is 12.1 Å². The van der Waals surface area contributed by atoms with Crippen molar-refractivity contribution in [1.29, 1.82) is 0 Å². The number of Topliss-reactive ketones (excluding diaryl/α,β-unsaturated/α-hetero) is 1. The van der Waals surface area contributed by atoms with E-state index in [1.54, 1.807) is 7.11 Å². The molecule has 0 aliphatic rings. The van der Waals surface area contributed by atoms with Crippen molar-refractivity contribution >= 4 is 5.78 Å². The number of benzene rings is 1. The smallest absolute Gasteiger partial charge is 0.182 e. The Balaban J connectivity index is 2.58. The predicted molar refractivity (Wildman–Crippen MR) is 58.4 cm³/mol. The lowest BCUT2D eigenvalue weighted by Gasteiger charge is -2.05. The first kappa shape index (κ1) is 10.4. The minimum absolute atomic E-state index is 0.130. The molecule has 0 saturated heterocycles. The zero-order chi connectivity index (χ0) is 11.5. The number of carbonyl (C=O) groups is 1. The lowest BCUT2D eigenvalue weighted by Crippen LogP contribution is -1.97. The van der Waals surface area contributed by atoms with Crippen LogP contribution in [0.4, 0.5) is 0 Å². The number of aromatic nitrogens is 3. The Labute approximate surface area is 92.4 Å². The number of nitrogens with zero attached hydrogens (tertiary/aromatic N) is 2. The first-order chi connectivity index (χ1) is 7.74. The second-order valence-electron chi connectivity index (χ2n) is 3.28. The van der Waals surface area contributed by atoms with Crippen LogP contribution in [-0.2, 0) is 0 Å². The van der Waals surface area contributed by atoms with Gasteiger partial charge in [0.15, 0.2) is 11.5 Å². The number of aromatic amines is 1. The third-order valence-corrected chi connectivity index (χ3v) is 2.24. The van der Waals surface area contributed by atoms with Gasteiger partial charge in [0, 0.05) is 12.5 Å². The predicted octanol–water partition coefficient (Wildman–Crippen LogP) is 1.68. The fourth-order valence-electron chi connectivity index (χ4n) is 1.50. The van der Waals surface area contributed by atoms with E-state index < -0.39 is 0 Å². The van der Waals surface area contributed by atoms with Crippen LogP contribution in [0.15, 0.2) is 24.3 Å². The maximum absolute atomic E-state index is 11.3. The Kier molecular flexibility index (Phi) is 2.68. The molecule has 1 aromatic heterocycles. The van der Waals surface area contributed by atoms with Gasteiger partial charge in [0.2, 0.25) is 0 Å². The summed E-state index contributed by atoms with van der Waals surface area (Å²) in [6, 6.07) is 7.36. The van der Waals surface area contributed by atoms with Gasteiger partial charge in [-0.2, -0.15) is 15.4 Å². The Morgan fingerprint density at radius 1 is 1.31 bits per heavy atom. The van der Waals surface area contributed by atoms with Gasteiger partial charge in [0.05, 0.1) is 7.11 Å². The molecule has 0 amide bonds. The van der Waals surface area contributed by atoms with Crippen molar-refractivity contribution in [3.05, 3.63) is 30.0 Å². The lowest BCUT2D eigenvalue weighted by atomic mass is 10.1. The Morgan fingerprint density at radius 2 is 2.06 bits per heavy atom. The van der Waals surface area contributed by atoms with Crippen LogP contribution < -0.4 is 4.74 Å². The van der Waals surface area contributed by atoms with Crippen molar-refractivity contribution in [3.63, 3.8) is 0 Å². The van der Waals surface area contributed by atoms with E-state index >= 15 is 0 Å². The van der Waals surface area contributed by atoms with Crippen LogP contribution in [0.1, 0.15) is 17.4 Å². The van der Waals surface area contributed by atoms with Crippen molar-refractivity contribution in [3.8, 4) is 17.0 Å². The summed E-state index contributed by atoms with van der Waals surface area (Å²) in [5, 5.41) is 10.3. The molecule has 2 aromatic rings. The van der Waals surface area contributed by atoms with E-state index in [-0.39, 0.29) is 5.78 Å². The average Bonchev–Trinajstić information content (AvgIpc) is 2.77. The van der Waals surface area contributed by atoms with Crippen molar-refractivity contribution in [1.82, 2.24) is 15.4 Å². The third kappa shape index (κ3) is 1.67. The fraction of sp³-hybridized carbons (Fsp3) is 0.182. The molecule has 0 aliphatic heterocycles. The molecule has 0 radical (unpaired) electrons. The van der Waals surface area contributed by atoms with Crippen LogP contribution in [0, 0.1) is 0 Å². The molecular formula is C11H11N3O2. The average molecular weight is 217 g/mol. The second kappa shape index (κ2) is 4.14. The van der Waals surface area contributed by atoms with E-state index in [0.717, 1.165) is 5.56 Å². The van der Waals surface area contributed by atoms with Crippen LogP contribution in [0.5, 0.6) is 5.75 Å². The van der Waals surface area contributed by atoms with Gasteiger partial charge in [-0.15, -0.1) is 0 Å². The number of ether oxygens (including phenoxy) is 1. The number of ketones is 1. The number of hydrogen-bond acceptors (Lipinski definition) is 4. The summed E-state index contributed by atoms with van der Waals surface area (Å²) in [7, 11) is 1.58. The van der Waals surface area contributed by atoms with E-state index in [4.69, 9.17) is 4.74 Å². The van der Waals surface area contributed by atoms with Gasteiger partial charge in [0.25, 0.3) is 0 Å². The number of carbonyl (C=O) groups excluding carboxylic acids is 1. The maximum Gasteiger partial charge on any atom is 0.182 e. The van der Waals surface area contributed by atoms with E-state index in [1.807, 2.05) is 24.3 Å². The van der Waals surface area contributed by atoms with Gasteiger partial charge in [-0.1, -0.05) is 12.1 Å². The van der Waals surface area contributed by atoms with Gasteiger partial charge < -0.3 is 4.74 Å². The first-order valence-corrected chi connectivity index (χ1v) is 4.79. The first-order valence-electron chi connectivity index (χ1n) is 4.79. The van der Waals surface area contributed by atoms with Crippen molar-refractivity contribution in [2.45, 2.75) is 6.92 Å². The molecule has 0 saturated carbocycles. The number of para-hydroxylation sites is 1. The van der Waals surface area contributed by atoms with E-state index in [0.29, 0.717) is 17.1 Å². The number of rotatable bonds is 3. The molecule has 16 heavy (non-hydrogen) atoms. The van der Waals surface area contributed by atoms with Crippen LogP contribution in [0.2, 0.25) is 0 Å². The summed E-state index contributed by atoms with van der Waals surface area (Å²) in [5.41, 5.74) is 1.60. The van der Waals surface area contributed by atoms with Gasteiger partial charge >= 0.3 is 0 Å². The summed E-state index contributed by atoms with van der Waals surface area (Å²) in [5.74, 6) is 0.536. The van der Waals surface area contributed by atoms with Crippen molar-refractivity contribution < 1.29 is 9.53 Å². The SMILES string of the molecule is COc1ccccc1-c1n[nH]nc1C(C)=O. The summed E-state index contributed by atoms with van der Waals surface area (Å²) in [4.78, 5) is 11.3. The van der Waals surface area contributed by atoms with Crippen LogP contribution >= 0.6 is 0 Å². The standard InChI is InChI=1S/C11H11N3O2/c1-7(15)10-11(13-14-12-10)8-5-3-4-6-9(8)16-2/h3-6H,1-2H3,(H,12,13,14). The highest BCUT2D eigenvalue weighted by Crippen LogP contribution is 2.29. The normalized spacial score (nSPS) is 10.1. The topological polar surface area (TPSA) is 67.9 Å². The minimum atomic E-state index is -0.130. The number of hydrogen-bond donors (Lipinski definition) is 1. The minimum Gasteiger partial charge on any atom is -0.496 e. The Hall–Kier alpha value is -2.17. The molecule has 2 rings (SSSR count). The second-order valence-corrected chi connectivity index (χ2v) is 3.28. The molecule has 0 aliphatic carbocycles.